The SMILES string of the molecule is CCS(=O)(=O)c1cc2c(-c3ccc(C#N)c(F)c3)cccn2c1-c1nc2cc(C(F)(F)F)nnc2n1C. The van der Waals surface area contributed by atoms with E-state index >= 15 is 0 Å². The van der Waals surface area contributed by atoms with Crippen molar-refractivity contribution in [3.63, 3.8) is 0 Å². The van der Waals surface area contributed by atoms with E-state index in [0.29, 0.717) is 16.6 Å². The van der Waals surface area contributed by atoms with Crippen LogP contribution in [0.2, 0.25) is 0 Å². The number of aromatic nitrogens is 5. The first-order valence-electron chi connectivity index (χ1n) is 10.8. The van der Waals surface area contributed by atoms with Gasteiger partial charge in [-0.15, -0.1) is 10.2 Å². The van der Waals surface area contributed by atoms with Gasteiger partial charge in [0, 0.05) is 24.9 Å². The van der Waals surface area contributed by atoms with Crippen molar-refractivity contribution < 1.29 is 26.0 Å². The maximum absolute atomic E-state index is 14.4. The zero-order chi connectivity index (χ0) is 26.7. The molecule has 0 atom stereocenters. The van der Waals surface area contributed by atoms with Gasteiger partial charge >= 0.3 is 6.18 Å². The van der Waals surface area contributed by atoms with Gasteiger partial charge in [-0.1, -0.05) is 19.1 Å². The van der Waals surface area contributed by atoms with E-state index in [0.717, 1.165) is 6.07 Å². The van der Waals surface area contributed by atoms with E-state index in [2.05, 4.69) is 15.2 Å². The van der Waals surface area contributed by atoms with Crippen LogP contribution in [0.5, 0.6) is 0 Å². The van der Waals surface area contributed by atoms with Crippen LogP contribution in [0.15, 0.2) is 53.6 Å². The molecule has 0 aliphatic rings. The Morgan fingerprint density at radius 3 is 2.51 bits per heavy atom. The van der Waals surface area contributed by atoms with Crippen molar-refractivity contribution in [3.05, 3.63) is 65.7 Å². The number of rotatable bonds is 4. The van der Waals surface area contributed by atoms with Crippen LogP contribution in [-0.4, -0.2) is 38.3 Å². The minimum absolute atomic E-state index is 0.0307. The summed E-state index contributed by atoms with van der Waals surface area (Å²) in [4.78, 5) is 4.21. The normalized spacial score (nSPS) is 12.4. The van der Waals surface area contributed by atoms with Crippen molar-refractivity contribution in [2.45, 2.75) is 18.0 Å². The molecule has 0 aliphatic carbocycles. The second kappa shape index (κ2) is 8.38. The highest BCUT2D eigenvalue weighted by Gasteiger charge is 2.34. The summed E-state index contributed by atoms with van der Waals surface area (Å²) in [5.41, 5.74) is -0.0659. The van der Waals surface area contributed by atoms with Gasteiger partial charge in [-0.05, 0) is 29.8 Å². The number of sulfone groups is 1. The zero-order valence-corrected chi connectivity index (χ0v) is 20.1. The Balaban J connectivity index is 1.83. The molecule has 0 bridgehead atoms. The highest BCUT2D eigenvalue weighted by molar-refractivity contribution is 7.91. The summed E-state index contributed by atoms with van der Waals surface area (Å²) in [6.07, 6.45) is -3.16. The lowest BCUT2D eigenvalue weighted by Gasteiger charge is -2.09. The van der Waals surface area contributed by atoms with E-state index in [1.165, 1.54) is 41.1 Å². The third kappa shape index (κ3) is 3.89. The quantitative estimate of drug-likeness (QED) is 0.311. The summed E-state index contributed by atoms with van der Waals surface area (Å²) in [5, 5.41) is 15.9. The molecule has 0 unspecified atom stereocenters. The number of pyridine rings is 1. The summed E-state index contributed by atoms with van der Waals surface area (Å²) in [6, 6.07) is 11.3. The van der Waals surface area contributed by atoms with Crippen molar-refractivity contribution >= 4 is 26.5 Å². The molecule has 0 aliphatic heterocycles. The average molecular weight is 528 g/mol. The number of aryl methyl sites for hydroxylation is 1. The number of alkyl halides is 3. The van der Waals surface area contributed by atoms with Gasteiger partial charge in [-0.25, -0.2) is 17.8 Å². The van der Waals surface area contributed by atoms with E-state index in [4.69, 9.17) is 5.26 Å². The molecule has 0 amide bonds. The van der Waals surface area contributed by atoms with Gasteiger partial charge < -0.3 is 8.97 Å². The first-order valence-corrected chi connectivity index (χ1v) is 12.5. The van der Waals surface area contributed by atoms with E-state index in [9.17, 15) is 26.0 Å². The van der Waals surface area contributed by atoms with E-state index < -0.39 is 27.5 Å². The molecule has 37 heavy (non-hydrogen) atoms. The fourth-order valence-electron chi connectivity index (χ4n) is 4.14. The van der Waals surface area contributed by atoms with Gasteiger partial charge in [0.2, 0.25) is 0 Å². The summed E-state index contributed by atoms with van der Waals surface area (Å²) in [7, 11) is -2.36. The second-order valence-electron chi connectivity index (χ2n) is 8.17. The number of benzene rings is 1. The Morgan fingerprint density at radius 1 is 1.11 bits per heavy atom. The number of imidazole rings is 1. The predicted octanol–water partition coefficient (Wildman–Crippen LogP) is 4.77. The van der Waals surface area contributed by atoms with Gasteiger partial charge in [0.05, 0.1) is 21.7 Å². The monoisotopic (exact) mass is 528 g/mol. The lowest BCUT2D eigenvalue weighted by molar-refractivity contribution is -0.141. The number of fused-ring (bicyclic) bond motifs is 2. The van der Waals surface area contributed by atoms with Crippen LogP contribution in [0.4, 0.5) is 17.6 Å². The van der Waals surface area contributed by atoms with Crippen LogP contribution in [0.3, 0.4) is 0 Å². The maximum atomic E-state index is 14.4. The highest BCUT2D eigenvalue weighted by atomic mass is 32.2. The predicted molar refractivity (Wildman–Crippen MR) is 126 cm³/mol. The van der Waals surface area contributed by atoms with Crippen LogP contribution in [-0.2, 0) is 23.1 Å². The number of hydrogen-bond acceptors (Lipinski definition) is 6. The Labute approximate surface area is 207 Å². The molecule has 0 fully saturated rings. The van der Waals surface area contributed by atoms with Gasteiger partial charge in [-0.2, -0.15) is 18.4 Å². The van der Waals surface area contributed by atoms with E-state index in [-0.39, 0.29) is 38.9 Å². The Hall–Kier alpha value is -4.31. The number of hydrogen-bond donors (Lipinski definition) is 0. The molecule has 8 nitrogen and oxygen atoms in total. The molecule has 5 rings (SSSR count). The Bertz CT molecular complexity index is 1870. The number of nitrogens with zero attached hydrogens (tertiary/aromatic N) is 6. The molecule has 0 N–H and O–H groups in total. The summed E-state index contributed by atoms with van der Waals surface area (Å²) in [5.74, 6) is -0.928. The van der Waals surface area contributed by atoms with Crippen LogP contribution in [0, 0.1) is 17.1 Å². The van der Waals surface area contributed by atoms with Gasteiger partial charge in [0.15, 0.2) is 27.0 Å². The van der Waals surface area contributed by atoms with Crippen LogP contribution in [0.25, 0.3) is 39.3 Å². The van der Waals surface area contributed by atoms with Gasteiger partial charge in [0.25, 0.3) is 0 Å². The minimum atomic E-state index is -4.73. The largest absolute Gasteiger partial charge is 0.435 e. The maximum Gasteiger partial charge on any atom is 0.435 e. The highest BCUT2D eigenvalue weighted by Crippen LogP contribution is 2.37. The molecule has 5 aromatic rings. The van der Waals surface area contributed by atoms with Crippen LogP contribution < -0.4 is 0 Å². The van der Waals surface area contributed by atoms with Crippen LogP contribution in [0.1, 0.15) is 18.2 Å². The van der Waals surface area contributed by atoms with Gasteiger partial charge in [-0.3, -0.25) is 0 Å². The summed E-state index contributed by atoms with van der Waals surface area (Å²) < 4.78 is 83.1. The standard InChI is InChI=1S/C24H16F4N6O2S/c1-3-37(35,36)19-11-18-15(13-6-7-14(12-29)16(25)9-13)5-4-8-34(18)21(19)23-30-17-10-20(24(26,27)28)31-32-22(17)33(23)2/h4-11H,3H2,1-2H3. The van der Waals surface area contributed by atoms with Crippen molar-refractivity contribution in [2.75, 3.05) is 5.75 Å². The summed E-state index contributed by atoms with van der Waals surface area (Å²) >= 11 is 0. The molecular weight excluding hydrogens is 512 g/mol. The first kappa shape index (κ1) is 24.4. The molecule has 4 heterocycles. The zero-order valence-electron chi connectivity index (χ0n) is 19.2. The van der Waals surface area contributed by atoms with Gasteiger partial charge in [0.1, 0.15) is 23.1 Å². The Kier molecular flexibility index (Phi) is 5.52. The third-order valence-corrected chi connectivity index (χ3v) is 7.75. The fraction of sp³-hybridized carbons (Fsp3) is 0.167. The molecule has 4 aromatic heterocycles. The number of halogens is 4. The summed E-state index contributed by atoms with van der Waals surface area (Å²) in [6.45, 7) is 1.47. The number of nitriles is 1. The molecular formula is C24H16F4N6O2S. The topological polar surface area (TPSA) is 106 Å². The molecule has 0 saturated carbocycles. The second-order valence-corrected chi connectivity index (χ2v) is 10.4. The van der Waals surface area contributed by atoms with Crippen LogP contribution >= 0.6 is 0 Å². The average Bonchev–Trinajstić information content (AvgIpc) is 3.41. The first-order chi connectivity index (χ1) is 17.5. The lowest BCUT2D eigenvalue weighted by atomic mass is 10.0. The molecule has 188 valence electrons. The molecule has 13 heteroatoms. The van der Waals surface area contributed by atoms with E-state index in [1.807, 2.05) is 0 Å². The van der Waals surface area contributed by atoms with Crippen molar-refractivity contribution in [1.82, 2.24) is 24.1 Å². The molecule has 0 radical (unpaired) electrons. The molecule has 1 aromatic carbocycles. The smallest absolute Gasteiger partial charge is 0.312 e. The fourth-order valence-corrected chi connectivity index (χ4v) is 5.22. The third-order valence-electron chi connectivity index (χ3n) is 6.01. The lowest BCUT2D eigenvalue weighted by Crippen LogP contribution is -2.09. The van der Waals surface area contributed by atoms with E-state index in [1.54, 1.807) is 30.5 Å². The van der Waals surface area contributed by atoms with Crippen molar-refractivity contribution in [2.24, 2.45) is 7.05 Å². The minimum Gasteiger partial charge on any atom is -0.312 e. The molecule has 0 spiro atoms. The van der Waals surface area contributed by atoms with Crippen molar-refractivity contribution in [3.8, 4) is 28.7 Å². The molecule has 0 saturated heterocycles. The Morgan fingerprint density at radius 2 is 1.86 bits per heavy atom. The van der Waals surface area contributed by atoms with Crippen molar-refractivity contribution in [1.29, 1.82) is 5.26 Å².